The normalized spacial score (nSPS) is 39.2. The molecular formula is C29H38O9. The molecule has 208 valence electrons. The van der Waals surface area contributed by atoms with Gasteiger partial charge < -0.3 is 33.9 Å². The zero-order valence-electron chi connectivity index (χ0n) is 22.3. The molecule has 2 saturated heterocycles. The maximum absolute atomic E-state index is 12.9. The summed E-state index contributed by atoms with van der Waals surface area (Å²) in [5, 5.41) is 20.7. The molecule has 38 heavy (non-hydrogen) atoms. The van der Waals surface area contributed by atoms with Crippen molar-refractivity contribution in [2.24, 2.45) is 10.8 Å². The average molecular weight is 531 g/mol. The van der Waals surface area contributed by atoms with Crippen molar-refractivity contribution in [1.82, 2.24) is 0 Å². The Morgan fingerprint density at radius 3 is 2.79 bits per heavy atom. The summed E-state index contributed by atoms with van der Waals surface area (Å²) in [4.78, 5) is 24.0. The van der Waals surface area contributed by atoms with E-state index in [1.807, 2.05) is 0 Å². The molecule has 0 radical (unpaired) electrons. The summed E-state index contributed by atoms with van der Waals surface area (Å²) in [7, 11) is 0. The standard InChI is InChI=1S/C29H38O9/c1-18-8-10-28(16-30)23(12-18)37-24-14-22(27(28,3)29(24)17-36-29)38-25(32)7-5-4-6-21(19(2)31)34-11-9-20-13-26(33)35-15-20/h4-7,12-13,19,21-24,30-31H,8-11,14-17H2,1-3H3/t19-,21-,22-,23-,24-,27-,28-,29+/m1/s1. The van der Waals surface area contributed by atoms with Crippen molar-refractivity contribution < 1.29 is 43.5 Å². The summed E-state index contributed by atoms with van der Waals surface area (Å²) >= 11 is 0. The Kier molecular flexibility index (Phi) is 7.43. The maximum atomic E-state index is 12.9. The molecule has 3 heterocycles. The zero-order valence-corrected chi connectivity index (χ0v) is 22.3. The summed E-state index contributed by atoms with van der Waals surface area (Å²) in [6.45, 7) is 6.87. The van der Waals surface area contributed by atoms with Crippen LogP contribution in [0.25, 0.3) is 0 Å². The van der Waals surface area contributed by atoms with Crippen LogP contribution in [0.4, 0.5) is 0 Å². The molecule has 1 saturated carbocycles. The summed E-state index contributed by atoms with van der Waals surface area (Å²) in [5.74, 6) is -0.827. The van der Waals surface area contributed by atoms with Gasteiger partial charge in [0.1, 0.15) is 24.4 Å². The van der Waals surface area contributed by atoms with E-state index < -0.39 is 40.7 Å². The zero-order chi connectivity index (χ0) is 27.1. The summed E-state index contributed by atoms with van der Waals surface area (Å²) in [6.07, 6.45) is 10.3. The van der Waals surface area contributed by atoms with E-state index in [1.54, 1.807) is 25.2 Å². The molecular weight excluding hydrogens is 492 g/mol. The quantitative estimate of drug-likeness (QED) is 0.144. The number of cyclic esters (lactones) is 1. The molecule has 0 unspecified atom stereocenters. The number of aliphatic hydroxyl groups is 2. The van der Waals surface area contributed by atoms with Crippen molar-refractivity contribution in [3.8, 4) is 0 Å². The summed E-state index contributed by atoms with van der Waals surface area (Å²) in [5.41, 5.74) is 0.413. The van der Waals surface area contributed by atoms with E-state index in [-0.39, 0.29) is 31.4 Å². The molecule has 5 aliphatic rings. The fourth-order valence-electron chi connectivity index (χ4n) is 6.89. The molecule has 0 aromatic rings. The number of carbonyl (C=O) groups excluding carboxylic acids is 2. The molecule has 2 bridgehead atoms. The minimum Gasteiger partial charge on any atom is -0.458 e. The van der Waals surface area contributed by atoms with Gasteiger partial charge in [-0.15, -0.1) is 0 Å². The Hall–Kier alpha value is -2.30. The Bertz CT molecular complexity index is 1070. The van der Waals surface area contributed by atoms with Gasteiger partial charge in [0.05, 0.1) is 38.1 Å². The van der Waals surface area contributed by atoms with Crippen LogP contribution in [0.2, 0.25) is 0 Å². The lowest BCUT2D eigenvalue weighted by atomic mass is 9.51. The molecule has 0 aromatic carbocycles. The third-order valence-electron chi connectivity index (χ3n) is 9.33. The Morgan fingerprint density at radius 2 is 2.13 bits per heavy atom. The molecule has 5 rings (SSSR count). The Labute approximate surface area is 223 Å². The largest absolute Gasteiger partial charge is 0.458 e. The van der Waals surface area contributed by atoms with Gasteiger partial charge in [-0.25, -0.2) is 9.59 Å². The van der Waals surface area contributed by atoms with Crippen LogP contribution in [0.5, 0.6) is 0 Å². The predicted octanol–water partition coefficient (Wildman–Crippen LogP) is 2.32. The van der Waals surface area contributed by atoms with Gasteiger partial charge in [-0.05, 0) is 38.7 Å². The second-order valence-electron chi connectivity index (χ2n) is 11.4. The Morgan fingerprint density at radius 1 is 1.34 bits per heavy atom. The maximum Gasteiger partial charge on any atom is 0.331 e. The lowest BCUT2D eigenvalue weighted by molar-refractivity contribution is -0.228. The van der Waals surface area contributed by atoms with Gasteiger partial charge in [0.15, 0.2) is 0 Å². The third kappa shape index (κ3) is 4.48. The topological polar surface area (TPSA) is 124 Å². The number of hydrogen-bond acceptors (Lipinski definition) is 9. The van der Waals surface area contributed by atoms with E-state index in [0.29, 0.717) is 26.1 Å². The van der Waals surface area contributed by atoms with E-state index >= 15 is 0 Å². The first kappa shape index (κ1) is 27.3. The number of allylic oxidation sites excluding steroid dienone is 3. The minimum atomic E-state index is -0.759. The van der Waals surface area contributed by atoms with Crippen LogP contribution in [-0.2, 0) is 33.3 Å². The van der Waals surface area contributed by atoms with Crippen LogP contribution >= 0.6 is 0 Å². The van der Waals surface area contributed by atoms with Crippen LogP contribution in [0.1, 0.15) is 46.5 Å². The van der Waals surface area contributed by atoms with Crippen LogP contribution in [0, 0.1) is 10.8 Å². The van der Waals surface area contributed by atoms with Crippen molar-refractivity contribution in [1.29, 1.82) is 0 Å². The number of epoxide rings is 1. The summed E-state index contributed by atoms with van der Waals surface area (Å²) in [6, 6.07) is 0. The van der Waals surface area contributed by atoms with Gasteiger partial charge in [-0.2, -0.15) is 0 Å². The van der Waals surface area contributed by atoms with Gasteiger partial charge >= 0.3 is 11.9 Å². The molecule has 1 spiro atoms. The SMILES string of the molecule is CC1=C[C@H]2O[C@@H]3C[C@@H](OC(=O)C=CC=C[C@@H](OCCC4=CC(=O)OC4)[C@@H](C)O)[C@](C)([C@@]2(CO)CC1)[C@]31CO1. The lowest BCUT2D eigenvalue weighted by Crippen LogP contribution is -2.66. The number of hydrogen-bond donors (Lipinski definition) is 2. The smallest absolute Gasteiger partial charge is 0.331 e. The van der Waals surface area contributed by atoms with E-state index in [4.69, 9.17) is 23.7 Å². The fourth-order valence-corrected chi connectivity index (χ4v) is 6.89. The number of rotatable bonds is 10. The second kappa shape index (κ2) is 10.4. The molecule has 0 amide bonds. The highest BCUT2D eigenvalue weighted by Gasteiger charge is 2.82. The van der Waals surface area contributed by atoms with Crippen molar-refractivity contribution in [2.45, 2.75) is 82.6 Å². The van der Waals surface area contributed by atoms with E-state index in [1.165, 1.54) is 17.7 Å². The van der Waals surface area contributed by atoms with Crippen molar-refractivity contribution in [3.05, 3.63) is 47.6 Å². The van der Waals surface area contributed by atoms with Crippen LogP contribution in [-0.4, -0.2) is 84.7 Å². The van der Waals surface area contributed by atoms with E-state index in [2.05, 4.69) is 19.9 Å². The first-order valence-electron chi connectivity index (χ1n) is 13.4. The number of fused-ring (bicyclic) bond motifs is 2. The summed E-state index contributed by atoms with van der Waals surface area (Å²) < 4.78 is 29.1. The molecule has 8 atom stereocenters. The van der Waals surface area contributed by atoms with Crippen molar-refractivity contribution >= 4 is 11.9 Å². The van der Waals surface area contributed by atoms with Gasteiger partial charge in [-0.3, -0.25) is 0 Å². The molecule has 9 nitrogen and oxygen atoms in total. The van der Waals surface area contributed by atoms with Gasteiger partial charge in [-0.1, -0.05) is 36.8 Å². The third-order valence-corrected chi connectivity index (χ3v) is 9.33. The van der Waals surface area contributed by atoms with Crippen molar-refractivity contribution in [3.63, 3.8) is 0 Å². The average Bonchev–Trinajstić information content (AvgIpc) is 3.55. The highest BCUT2D eigenvalue weighted by atomic mass is 16.6. The van der Waals surface area contributed by atoms with Gasteiger partial charge in [0.2, 0.25) is 0 Å². The fraction of sp³-hybridized carbons (Fsp3) is 0.655. The van der Waals surface area contributed by atoms with Gasteiger partial charge in [0, 0.05) is 29.4 Å². The van der Waals surface area contributed by atoms with Crippen LogP contribution in [0.15, 0.2) is 47.6 Å². The number of aliphatic hydroxyl groups excluding tert-OH is 2. The Balaban J connectivity index is 1.21. The first-order valence-corrected chi connectivity index (χ1v) is 13.4. The number of esters is 2. The molecule has 2 aliphatic carbocycles. The van der Waals surface area contributed by atoms with E-state index in [0.717, 1.165) is 18.4 Å². The highest BCUT2D eigenvalue weighted by Crippen LogP contribution is 2.71. The predicted molar refractivity (Wildman–Crippen MR) is 136 cm³/mol. The van der Waals surface area contributed by atoms with E-state index in [9.17, 15) is 19.8 Å². The molecule has 0 aromatic heterocycles. The second-order valence-corrected chi connectivity index (χ2v) is 11.4. The highest BCUT2D eigenvalue weighted by molar-refractivity contribution is 5.85. The number of carbonyl (C=O) groups is 2. The minimum absolute atomic E-state index is 0.0657. The van der Waals surface area contributed by atoms with Crippen molar-refractivity contribution in [2.75, 3.05) is 26.4 Å². The first-order chi connectivity index (χ1) is 18.1. The lowest BCUT2D eigenvalue weighted by Gasteiger charge is -2.58. The molecule has 2 N–H and O–H groups in total. The monoisotopic (exact) mass is 530 g/mol. The van der Waals surface area contributed by atoms with Crippen LogP contribution in [0.3, 0.4) is 0 Å². The van der Waals surface area contributed by atoms with Gasteiger partial charge in [0.25, 0.3) is 0 Å². The molecule has 3 aliphatic heterocycles. The number of ether oxygens (including phenoxy) is 5. The van der Waals surface area contributed by atoms with Crippen LogP contribution < -0.4 is 0 Å². The molecule has 3 fully saturated rings. The molecule has 9 heteroatoms.